The maximum Gasteiger partial charge on any atom is 0.161 e. The number of benzene rings is 1. The van der Waals surface area contributed by atoms with E-state index in [2.05, 4.69) is 19.2 Å². The van der Waals surface area contributed by atoms with Crippen molar-refractivity contribution >= 4 is 10.8 Å². The van der Waals surface area contributed by atoms with Crippen LogP contribution in [0.5, 0.6) is 11.5 Å². The highest BCUT2D eigenvalue weighted by Gasteiger charge is 2.16. The maximum absolute atomic E-state index is 12.2. The molecule has 0 bridgehead atoms. The van der Waals surface area contributed by atoms with E-state index in [1.807, 2.05) is 25.2 Å². The first-order valence-corrected chi connectivity index (χ1v) is 8.78. The Labute approximate surface area is 130 Å². The molecule has 0 radical (unpaired) electrons. The molecule has 0 aliphatic rings. The molecule has 21 heavy (non-hydrogen) atoms. The summed E-state index contributed by atoms with van der Waals surface area (Å²) in [6, 6.07) is 5.87. The van der Waals surface area contributed by atoms with Crippen molar-refractivity contribution in [2.24, 2.45) is 5.92 Å². The Kier molecular flexibility index (Phi) is 7.75. The van der Waals surface area contributed by atoms with Gasteiger partial charge in [-0.1, -0.05) is 26.3 Å². The molecule has 1 aromatic carbocycles. The minimum absolute atomic E-state index is 0.0506. The molecule has 3 atom stereocenters. The van der Waals surface area contributed by atoms with Crippen molar-refractivity contribution in [3.05, 3.63) is 23.8 Å². The van der Waals surface area contributed by atoms with Gasteiger partial charge in [-0.25, -0.2) is 0 Å². The summed E-state index contributed by atoms with van der Waals surface area (Å²) in [6.45, 7) is 4.27. The second-order valence-electron chi connectivity index (χ2n) is 5.24. The summed E-state index contributed by atoms with van der Waals surface area (Å²) < 4.78 is 22.8. The Morgan fingerprint density at radius 2 is 1.86 bits per heavy atom. The van der Waals surface area contributed by atoms with E-state index in [1.54, 1.807) is 14.2 Å². The SMILES string of the molecule is CCC(C)CS(=O)CC(NC)c1ccc(OC)c(OC)c1. The monoisotopic (exact) mass is 313 g/mol. The second kappa shape index (κ2) is 9.05. The molecule has 5 heteroatoms. The van der Waals surface area contributed by atoms with Gasteiger partial charge in [0, 0.05) is 28.3 Å². The van der Waals surface area contributed by atoms with Crippen molar-refractivity contribution in [1.29, 1.82) is 0 Å². The topological polar surface area (TPSA) is 47.6 Å². The van der Waals surface area contributed by atoms with Crippen molar-refractivity contribution < 1.29 is 13.7 Å². The summed E-state index contributed by atoms with van der Waals surface area (Å²) in [5.74, 6) is 3.26. The Morgan fingerprint density at radius 1 is 1.19 bits per heavy atom. The van der Waals surface area contributed by atoms with Crippen LogP contribution in [0.15, 0.2) is 18.2 Å². The molecule has 3 unspecified atom stereocenters. The van der Waals surface area contributed by atoms with Crippen molar-refractivity contribution in [1.82, 2.24) is 5.32 Å². The van der Waals surface area contributed by atoms with E-state index >= 15 is 0 Å². The predicted molar refractivity (Wildman–Crippen MR) is 88.7 cm³/mol. The number of nitrogens with one attached hydrogen (secondary N) is 1. The number of hydrogen-bond donors (Lipinski definition) is 1. The molecular weight excluding hydrogens is 286 g/mol. The second-order valence-corrected chi connectivity index (χ2v) is 6.79. The molecule has 0 heterocycles. The van der Waals surface area contributed by atoms with Crippen LogP contribution in [0.3, 0.4) is 0 Å². The highest BCUT2D eigenvalue weighted by molar-refractivity contribution is 7.85. The largest absolute Gasteiger partial charge is 0.493 e. The zero-order valence-corrected chi connectivity index (χ0v) is 14.5. The zero-order chi connectivity index (χ0) is 15.8. The van der Waals surface area contributed by atoms with Gasteiger partial charge in [0.2, 0.25) is 0 Å². The van der Waals surface area contributed by atoms with Crippen LogP contribution < -0.4 is 14.8 Å². The first-order valence-electron chi connectivity index (χ1n) is 7.29. The third-order valence-electron chi connectivity index (χ3n) is 3.68. The molecule has 0 amide bonds. The molecular formula is C16H27NO3S. The van der Waals surface area contributed by atoms with Gasteiger partial charge >= 0.3 is 0 Å². The van der Waals surface area contributed by atoms with Crippen LogP contribution in [0.2, 0.25) is 0 Å². The van der Waals surface area contributed by atoms with E-state index < -0.39 is 10.8 Å². The van der Waals surface area contributed by atoms with Crippen LogP contribution in [0.1, 0.15) is 31.9 Å². The van der Waals surface area contributed by atoms with Crippen molar-refractivity contribution in [2.45, 2.75) is 26.3 Å². The highest BCUT2D eigenvalue weighted by atomic mass is 32.2. The van der Waals surface area contributed by atoms with Crippen molar-refractivity contribution in [3.63, 3.8) is 0 Å². The van der Waals surface area contributed by atoms with Crippen molar-refractivity contribution in [3.8, 4) is 11.5 Å². The molecule has 1 rings (SSSR count). The lowest BCUT2D eigenvalue weighted by molar-refractivity contribution is 0.354. The molecule has 0 saturated heterocycles. The molecule has 1 N–H and O–H groups in total. The summed E-state index contributed by atoms with van der Waals surface area (Å²) in [6.07, 6.45) is 1.06. The van der Waals surface area contributed by atoms with Gasteiger partial charge in [0.05, 0.1) is 14.2 Å². The third kappa shape index (κ3) is 5.32. The molecule has 0 spiro atoms. The summed E-state index contributed by atoms with van der Waals surface area (Å²) in [4.78, 5) is 0. The molecule has 0 aliphatic heterocycles. The fourth-order valence-electron chi connectivity index (χ4n) is 2.10. The first kappa shape index (κ1) is 18.0. The average Bonchev–Trinajstić information content (AvgIpc) is 2.51. The van der Waals surface area contributed by atoms with Gasteiger partial charge < -0.3 is 14.8 Å². The van der Waals surface area contributed by atoms with Crippen LogP contribution in [-0.2, 0) is 10.8 Å². The van der Waals surface area contributed by atoms with E-state index in [4.69, 9.17) is 9.47 Å². The quantitative estimate of drug-likeness (QED) is 0.761. The van der Waals surface area contributed by atoms with Gasteiger partial charge in [-0.3, -0.25) is 4.21 Å². The van der Waals surface area contributed by atoms with Crippen LogP contribution in [-0.4, -0.2) is 37.0 Å². The first-order chi connectivity index (χ1) is 10.0. The fraction of sp³-hybridized carbons (Fsp3) is 0.625. The number of methoxy groups -OCH3 is 2. The van der Waals surface area contributed by atoms with E-state index in [-0.39, 0.29) is 6.04 Å². The molecule has 0 aliphatic carbocycles. The fourth-order valence-corrected chi connectivity index (χ4v) is 3.84. The number of ether oxygens (including phenoxy) is 2. The van der Waals surface area contributed by atoms with Gasteiger partial charge in [0.25, 0.3) is 0 Å². The van der Waals surface area contributed by atoms with Gasteiger partial charge in [-0.2, -0.15) is 0 Å². The summed E-state index contributed by atoms with van der Waals surface area (Å²) in [7, 11) is 4.30. The Balaban J connectivity index is 2.82. The van der Waals surface area contributed by atoms with E-state index in [0.717, 1.165) is 17.7 Å². The number of hydrogen-bond acceptors (Lipinski definition) is 4. The van der Waals surface area contributed by atoms with E-state index in [0.29, 0.717) is 23.2 Å². The summed E-state index contributed by atoms with van der Waals surface area (Å²) >= 11 is 0. The Hall–Kier alpha value is -1.07. The lowest BCUT2D eigenvalue weighted by Crippen LogP contribution is -2.25. The van der Waals surface area contributed by atoms with Gasteiger partial charge in [-0.05, 0) is 30.7 Å². The van der Waals surface area contributed by atoms with Crippen molar-refractivity contribution in [2.75, 3.05) is 32.8 Å². The molecule has 120 valence electrons. The molecule has 0 fully saturated rings. The van der Waals surface area contributed by atoms with Gasteiger partial charge in [0.1, 0.15) is 0 Å². The Bertz CT molecular complexity index is 465. The lowest BCUT2D eigenvalue weighted by Gasteiger charge is -2.19. The van der Waals surface area contributed by atoms with Gasteiger partial charge in [0.15, 0.2) is 11.5 Å². The van der Waals surface area contributed by atoms with E-state index in [9.17, 15) is 4.21 Å². The summed E-state index contributed by atoms with van der Waals surface area (Å²) in [5, 5.41) is 3.24. The van der Waals surface area contributed by atoms with Crippen LogP contribution in [0.4, 0.5) is 0 Å². The predicted octanol–water partition coefficient (Wildman–Crippen LogP) is 2.76. The molecule has 0 aromatic heterocycles. The third-order valence-corrected chi connectivity index (χ3v) is 5.32. The molecule has 4 nitrogen and oxygen atoms in total. The lowest BCUT2D eigenvalue weighted by atomic mass is 10.1. The minimum Gasteiger partial charge on any atom is -0.493 e. The van der Waals surface area contributed by atoms with Crippen LogP contribution in [0.25, 0.3) is 0 Å². The average molecular weight is 313 g/mol. The standard InChI is InChI=1S/C16H27NO3S/c1-6-12(2)10-21(18)11-14(17-3)13-7-8-15(19-4)16(9-13)20-5/h7-9,12,14,17H,6,10-11H2,1-5H3. The van der Waals surface area contributed by atoms with E-state index in [1.165, 1.54) is 0 Å². The molecule has 1 aromatic rings. The maximum atomic E-state index is 12.2. The van der Waals surface area contributed by atoms with Gasteiger partial charge in [-0.15, -0.1) is 0 Å². The Morgan fingerprint density at radius 3 is 2.38 bits per heavy atom. The zero-order valence-electron chi connectivity index (χ0n) is 13.6. The smallest absolute Gasteiger partial charge is 0.161 e. The highest BCUT2D eigenvalue weighted by Crippen LogP contribution is 2.30. The van der Waals surface area contributed by atoms with Crippen LogP contribution >= 0.6 is 0 Å². The van der Waals surface area contributed by atoms with Crippen LogP contribution in [0, 0.1) is 5.92 Å². The summed E-state index contributed by atoms with van der Waals surface area (Å²) in [5.41, 5.74) is 1.06. The minimum atomic E-state index is -0.831. The normalized spacial score (nSPS) is 15.3. The number of rotatable bonds is 9. The molecule has 0 saturated carbocycles.